The van der Waals surface area contributed by atoms with E-state index in [0.717, 1.165) is 22.0 Å². The molecule has 27 heavy (non-hydrogen) atoms. The van der Waals surface area contributed by atoms with Crippen molar-refractivity contribution in [1.82, 2.24) is 10.7 Å². The van der Waals surface area contributed by atoms with Crippen LogP contribution < -0.4 is 16.1 Å². The minimum Gasteiger partial charge on any atom is -0.360 e. The van der Waals surface area contributed by atoms with E-state index in [-0.39, 0.29) is 11.9 Å². The summed E-state index contributed by atoms with van der Waals surface area (Å²) in [4.78, 5) is 12.2. The molecule has 0 saturated carbocycles. The van der Waals surface area contributed by atoms with Crippen LogP contribution in [0, 0.1) is 0 Å². The van der Waals surface area contributed by atoms with Crippen molar-refractivity contribution in [1.29, 1.82) is 0 Å². The van der Waals surface area contributed by atoms with Crippen LogP contribution >= 0.6 is 24.0 Å². The highest BCUT2D eigenvalue weighted by Gasteiger charge is 2.08. The second-order valence-electron chi connectivity index (χ2n) is 5.99. The van der Waals surface area contributed by atoms with Crippen LogP contribution in [0.4, 0.5) is 5.69 Å². The molecule has 7 heteroatoms. The van der Waals surface area contributed by atoms with E-state index in [0.29, 0.717) is 10.7 Å². The van der Waals surface area contributed by atoms with Crippen molar-refractivity contribution in [3.05, 3.63) is 65.7 Å². The number of hydrogen-bond acceptors (Lipinski definition) is 4. The zero-order chi connectivity index (χ0) is 19.6. The van der Waals surface area contributed by atoms with Crippen LogP contribution in [0.25, 0.3) is 0 Å². The van der Waals surface area contributed by atoms with Gasteiger partial charge in [-0.1, -0.05) is 37.3 Å². The van der Waals surface area contributed by atoms with E-state index in [9.17, 15) is 4.79 Å². The van der Waals surface area contributed by atoms with E-state index in [1.165, 1.54) is 0 Å². The van der Waals surface area contributed by atoms with E-state index in [1.807, 2.05) is 63.2 Å². The van der Waals surface area contributed by atoms with Gasteiger partial charge in [-0.3, -0.25) is 4.79 Å². The molecule has 0 aromatic heterocycles. The van der Waals surface area contributed by atoms with Crippen molar-refractivity contribution in [2.45, 2.75) is 26.8 Å². The van der Waals surface area contributed by atoms with E-state index >= 15 is 0 Å². The second kappa shape index (κ2) is 10.7. The lowest BCUT2D eigenvalue weighted by Crippen LogP contribution is -2.33. The van der Waals surface area contributed by atoms with Gasteiger partial charge in [-0.05, 0) is 56.1 Å². The Morgan fingerprint density at radius 3 is 2.33 bits per heavy atom. The highest BCUT2D eigenvalue weighted by atomic mass is 32.2. The van der Waals surface area contributed by atoms with E-state index in [1.54, 1.807) is 23.9 Å². The van der Waals surface area contributed by atoms with Gasteiger partial charge in [-0.15, -0.1) is 11.8 Å². The highest BCUT2D eigenvalue weighted by Crippen LogP contribution is 2.16. The van der Waals surface area contributed by atoms with Gasteiger partial charge in [-0.25, -0.2) is 5.43 Å². The summed E-state index contributed by atoms with van der Waals surface area (Å²) in [6, 6.07) is 17.1. The first-order valence-corrected chi connectivity index (χ1v) is 10.1. The van der Waals surface area contributed by atoms with Crippen LogP contribution in [0.15, 0.2) is 59.7 Å². The minimum atomic E-state index is -0.229. The molecule has 0 aliphatic rings. The van der Waals surface area contributed by atoms with Crippen molar-refractivity contribution in [3.8, 4) is 0 Å². The lowest BCUT2D eigenvalue weighted by molar-refractivity contribution is 0.0955. The zero-order valence-corrected chi connectivity index (χ0v) is 17.3. The Balaban J connectivity index is 2.07. The van der Waals surface area contributed by atoms with Gasteiger partial charge < -0.3 is 10.6 Å². The van der Waals surface area contributed by atoms with Crippen LogP contribution in [-0.4, -0.2) is 27.9 Å². The summed E-state index contributed by atoms with van der Waals surface area (Å²) in [5.41, 5.74) is 5.04. The Kier molecular flexibility index (Phi) is 8.29. The van der Waals surface area contributed by atoms with Crippen molar-refractivity contribution in [2.24, 2.45) is 5.10 Å². The molecule has 142 valence electrons. The SMILES string of the molecule is CCS/C(=N\NC(=O)c1ccccc1)c1ccc(NC(=S)NC(C)C)cc1. The molecule has 0 bridgehead atoms. The first-order chi connectivity index (χ1) is 13.0. The average molecular weight is 401 g/mol. The molecule has 0 aliphatic heterocycles. The predicted octanol–water partition coefficient (Wildman–Crippen LogP) is 4.23. The maximum atomic E-state index is 12.2. The summed E-state index contributed by atoms with van der Waals surface area (Å²) in [6.07, 6.45) is 0. The molecule has 2 aromatic rings. The summed E-state index contributed by atoms with van der Waals surface area (Å²) >= 11 is 6.83. The topological polar surface area (TPSA) is 65.5 Å². The van der Waals surface area contributed by atoms with Crippen LogP contribution in [0.5, 0.6) is 0 Å². The first kappa shape index (κ1) is 20.9. The Labute approximate surface area is 170 Å². The van der Waals surface area contributed by atoms with Crippen LogP contribution in [0.3, 0.4) is 0 Å². The molecule has 0 radical (unpaired) electrons. The quantitative estimate of drug-likeness (QED) is 0.293. The van der Waals surface area contributed by atoms with Crippen LogP contribution in [0.2, 0.25) is 0 Å². The van der Waals surface area contributed by atoms with Gasteiger partial charge in [0.1, 0.15) is 5.04 Å². The number of hydrogen-bond donors (Lipinski definition) is 3. The summed E-state index contributed by atoms with van der Waals surface area (Å²) in [6.45, 7) is 6.11. The molecule has 0 fully saturated rings. The molecule has 2 aromatic carbocycles. The third kappa shape index (κ3) is 7.03. The highest BCUT2D eigenvalue weighted by molar-refractivity contribution is 8.14. The Bertz CT molecular complexity index is 789. The van der Waals surface area contributed by atoms with Crippen LogP contribution in [-0.2, 0) is 0 Å². The second-order valence-corrected chi connectivity index (χ2v) is 7.65. The van der Waals surface area contributed by atoms with E-state index < -0.39 is 0 Å². The number of rotatable bonds is 6. The molecule has 0 spiro atoms. The smallest absolute Gasteiger partial charge is 0.271 e. The zero-order valence-electron chi connectivity index (χ0n) is 15.7. The standard InChI is InChI=1S/C20H24N4OS2/c1-4-27-19(24-23-18(25)15-8-6-5-7-9-15)16-10-12-17(13-11-16)22-20(26)21-14(2)3/h5-14H,4H2,1-3H3,(H,23,25)(H2,21,22,26)/b24-19-. The number of carbonyl (C=O) groups is 1. The van der Waals surface area contributed by atoms with Gasteiger partial charge in [0.25, 0.3) is 5.91 Å². The third-order valence-electron chi connectivity index (χ3n) is 3.39. The average Bonchev–Trinajstić information content (AvgIpc) is 2.65. The molecular formula is C20H24N4OS2. The van der Waals surface area contributed by atoms with Crippen molar-refractivity contribution in [2.75, 3.05) is 11.1 Å². The fraction of sp³-hybridized carbons (Fsp3) is 0.250. The third-order valence-corrected chi connectivity index (χ3v) is 4.49. The molecule has 0 unspecified atom stereocenters. The number of anilines is 1. The number of amides is 1. The number of benzene rings is 2. The van der Waals surface area contributed by atoms with E-state index in [2.05, 4.69) is 21.2 Å². The monoisotopic (exact) mass is 400 g/mol. The number of nitrogens with one attached hydrogen (secondary N) is 3. The normalized spacial score (nSPS) is 11.2. The fourth-order valence-electron chi connectivity index (χ4n) is 2.20. The lowest BCUT2D eigenvalue weighted by Gasteiger charge is -2.13. The van der Waals surface area contributed by atoms with E-state index in [4.69, 9.17) is 12.2 Å². The van der Waals surface area contributed by atoms with Gasteiger partial charge in [0, 0.05) is 22.9 Å². The molecule has 3 N–H and O–H groups in total. The van der Waals surface area contributed by atoms with Gasteiger partial charge in [0.05, 0.1) is 0 Å². The van der Waals surface area contributed by atoms with Gasteiger partial charge in [-0.2, -0.15) is 5.10 Å². The lowest BCUT2D eigenvalue weighted by atomic mass is 10.2. The summed E-state index contributed by atoms with van der Waals surface area (Å²) in [5, 5.41) is 11.9. The van der Waals surface area contributed by atoms with Crippen molar-refractivity contribution < 1.29 is 4.79 Å². The summed E-state index contributed by atoms with van der Waals surface area (Å²) < 4.78 is 0. The van der Waals surface area contributed by atoms with Gasteiger partial charge in [0.2, 0.25) is 0 Å². The van der Waals surface area contributed by atoms with Crippen molar-refractivity contribution >= 4 is 45.7 Å². The fourth-order valence-corrected chi connectivity index (χ4v) is 3.24. The summed E-state index contributed by atoms with van der Waals surface area (Å²) in [5.74, 6) is 0.621. The molecular weight excluding hydrogens is 376 g/mol. The minimum absolute atomic E-state index is 0.229. The first-order valence-electron chi connectivity index (χ1n) is 8.73. The Hall–Kier alpha value is -2.38. The molecule has 5 nitrogen and oxygen atoms in total. The number of carbonyl (C=O) groups excluding carboxylic acids is 1. The van der Waals surface area contributed by atoms with Gasteiger partial charge in [0.15, 0.2) is 5.11 Å². The maximum absolute atomic E-state index is 12.2. The number of nitrogens with zero attached hydrogens (tertiary/aromatic N) is 1. The Morgan fingerprint density at radius 2 is 1.74 bits per heavy atom. The van der Waals surface area contributed by atoms with Crippen molar-refractivity contribution in [3.63, 3.8) is 0 Å². The molecule has 0 heterocycles. The molecule has 2 rings (SSSR count). The Morgan fingerprint density at radius 1 is 1.07 bits per heavy atom. The van der Waals surface area contributed by atoms with Crippen LogP contribution in [0.1, 0.15) is 36.7 Å². The molecule has 1 amide bonds. The largest absolute Gasteiger partial charge is 0.360 e. The maximum Gasteiger partial charge on any atom is 0.271 e. The summed E-state index contributed by atoms with van der Waals surface area (Å²) in [7, 11) is 0. The number of thioether (sulfide) groups is 1. The number of hydrazone groups is 1. The molecule has 0 aliphatic carbocycles. The molecule has 0 saturated heterocycles. The molecule has 0 atom stereocenters. The number of thiocarbonyl (C=S) groups is 1. The predicted molar refractivity (Wildman–Crippen MR) is 120 cm³/mol. The van der Waals surface area contributed by atoms with Gasteiger partial charge >= 0.3 is 0 Å².